The van der Waals surface area contributed by atoms with E-state index < -0.39 is 0 Å². The van der Waals surface area contributed by atoms with Crippen LogP contribution >= 0.6 is 0 Å². The summed E-state index contributed by atoms with van der Waals surface area (Å²) >= 11 is 0. The molecule has 0 saturated carbocycles. The molecule has 1 fully saturated rings. The summed E-state index contributed by atoms with van der Waals surface area (Å²) < 4.78 is 7.42. The summed E-state index contributed by atoms with van der Waals surface area (Å²) in [5, 5.41) is 3.05. The Bertz CT molecular complexity index is 961. The molecule has 1 saturated heterocycles. The van der Waals surface area contributed by atoms with Gasteiger partial charge in [0.15, 0.2) is 0 Å². The number of aromatic nitrogens is 2. The van der Waals surface area contributed by atoms with Crippen LogP contribution in [-0.4, -0.2) is 64.4 Å². The predicted molar refractivity (Wildman–Crippen MR) is 116 cm³/mol. The van der Waals surface area contributed by atoms with E-state index in [9.17, 15) is 4.79 Å². The Morgan fingerprint density at radius 1 is 1.13 bits per heavy atom. The van der Waals surface area contributed by atoms with Crippen LogP contribution in [0.5, 0.6) is 5.75 Å². The molecule has 30 heavy (non-hydrogen) atoms. The average Bonchev–Trinajstić information content (AvgIpc) is 3.20. The zero-order valence-electron chi connectivity index (χ0n) is 17.6. The van der Waals surface area contributed by atoms with E-state index in [0.717, 1.165) is 55.4 Å². The predicted octanol–water partition coefficient (Wildman–Crippen LogP) is 2.17. The molecule has 158 valence electrons. The monoisotopic (exact) mass is 407 g/mol. The topological polar surface area (TPSA) is 62.1 Å². The Morgan fingerprint density at radius 3 is 2.67 bits per heavy atom. The fourth-order valence-corrected chi connectivity index (χ4v) is 3.95. The number of amides is 1. The van der Waals surface area contributed by atoms with E-state index in [1.807, 2.05) is 55.6 Å². The molecule has 0 radical (unpaired) electrons. The van der Waals surface area contributed by atoms with Gasteiger partial charge in [0.2, 0.25) is 5.91 Å². The third-order valence-corrected chi connectivity index (χ3v) is 5.78. The number of ether oxygens (including phenoxy) is 1. The van der Waals surface area contributed by atoms with Crippen molar-refractivity contribution < 1.29 is 9.53 Å². The Morgan fingerprint density at radius 2 is 1.90 bits per heavy atom. The van der Waals surface area contributed by atoms with Crippen molar-refractivity contribution in [3.63, 3.8) is 0 Å². The molecule has 2 aromatic heterocycles. The average molecular weight is 408 g/mol. The molecule has 1 amide bonds. The Balaban J connectivity index is 1.26. The van der Waals surface area contributed by atoms with Crippen molar-refractivity contribution in [2.45, 2.75) is 26.1 Å². The van der Waals surface area contributed by atoms with Gasteiger partial charge in [-0.3, -0.25) is 14.6 Å². The molecular formula is C23H29N5O2. The zero-order valence-corrected chi connectivity index (χ0v) is 17.6. The lowest BCUT2D eigenvalue weighted by Gasteiger charge is -2.37. The molecule has 7 heteroatoms. The lowest BCUT2D eigenvalue weighted by Crippen LogP contribution is -2.53. The van der Waals surface area contributed by atoms with E-state index in [2.05, 4.69) is 30.7 Å². The first kappa shape index (κ1) is 20.4. The van der Waals surface area contributed by atoms with Crippen LogP contribution in [0.15, 0.2) is 54.9 Å². The van der Waals surface area contributed by atoms with Gasteiger partial charge in [-0.05, 0) is 25.1 Å². The molecule has 1 unspecified atom stereocenters. The third-order valence-electron chi connectivity index (χ3n) is 5.78. The largest absolute Gasteiger partial charge is 0.496 e. The highest BCUT2D eigenvalue weighted by Gasteiger charge is 2.25. The molecule has 0 spiro atoms. The molecule has 0 bridgehead atoms. The molecule has 1 N–H and O–H groups in total. The van der Waals surface area contributed by atoms with E-state index in [4.69, 9.17) is 4.74 Å². The highest BCUT2D eigenvalue weighted by atomic mass is 16.5. The van der Waals surface area contributed by atoms with Crippen molar-refractivity contribution in [2.24, 2.45) is 0 Å². The van der Waals surface area contributed by atoms with Crippen molar-refractivity contribution >= 4 is 11.6 Å². The van der Waals surface area contributed by atoms with Gasteiger partial charge >= 0.3 is 0 Å². The molecule has 1 atom stereocenters. The highest BCUT2D eigenvalue weighted by molar-refractivity contribution is 5.81. The summed E-state index contributed by atoms with van der Waals surface area (Å²) in [6.45, 7) is 6.89. The lowest BCUT2D eigenvalue weighted by molar-refractivity contribution is -0.126. The Labute approximate surface area is 177 Å². The summed E-state index contributed by atoms with van der Waals surface area (Å²) in [7, 11) is 1.65. The number of hydrogen-bond donors (Lipinski definition) is 1. The van der Waals surface area contributed by atoms with Gasteiger partial charge in [-0.1, -0.05) is 24.3 Å². The van der Waals surface area contributed by atoms with Crippen LogP contribution in [0.4, 0.5) is 0 Å². The van der Waals surface area contributed by atoms with Crippen molar-refractivity contribution in [2.75, 3.05) is 33.3 Å². The smallest absolute Gasteiger partial charge is 0.237 e. The summed E-state index contributed by atoms with van der Waals surface area (Å²) in [4.78, 5) is 22.0. The van der Waals surface area contributed by atoms with Gasteiger partial charge in [0.1, 0.15) is 11.4 Å². The Hall–Kier alpha value is -2.90. The van der Waals surface area contributed by atoms with Crippen molar-refractivity contribution in [1.29, 1.82) is 0 Å². The number of hydrogen-bond acceptors (Lipinski definition) is 5. The minimum Gasteiger partial charge on any atom is -0.496 e. The number of pyridine rings is 1. The lowest BCUT2D eigenvalue weighted by atomic mass is 10.1. The second kappa shape index (κ2) is 9.28. The maximum atomic E-state index is 12.7. The van der Waals surface area contributed by atoms with Crippen LogP contribution in [0.1, 0.15) is 18.2 Å². The molecule has 3 heterocycles. The fraction of sp³-hybridized carbons (Fsp3) is 0.391. The van der Waals surface area contributed by atoms with Crippen LogP contribution in [0.2, 0.25) is 0 Å². The van der Waals surface area contributed by atoms with Crippen molar-refractivity contribution in [3.05, 3.63) is 66.1 Å². The molecule has 4 rings (SSSR count). The second-order valence-corrected chi connectivity index (χ2v) is 7.72. The molecule has 7 nitrogen and oxygen atoms in total. The zero-order chi connectivity index (χ0) is 20.9. The van der Waals surface area contributed by atoms with E-state index in [0.29, 0.717) is 6.54 Å². The highest BCUT2D eigenvalue weighted by Crippen LogP contribution is 2.17. The first-order chi connectivity index (χ1) is 14.6. The summed E-state index contributed by atoms with van der Waals surface area (Å²) in [6.07, 6.45) is 4.12. The minimum absolute atomic E-state index is 0.0507. The van der Waals surface area contributed by atoms with Gasteiger partial charge in [-0.15, -0.1) is 0 Å². The summed E-state index contributed by atoms with van der Waals surface area (Å²) in [5.74, 6) is 0.848. The number of para-hydroxylation sites is 1. The number of nitrogens with zero attached hydrogens (tertiary/aromatic N) is 4. The summed E-state index contributed by atoms with van der Waals surface area (Å²) in [6, 6.07) is 13.6. The number of imidazole rings is 1. The van der Waals surface area contributed by atoms with Gasteiger partial charge in [0.05, 0.1) is 18.8 Å². The molecule has 3 aromatic rings. The number of carbonyl (C=O) groups is 1. The van der Waals surface area contributed by atoms with Crippen LogP contribution in [0, 0.1) is 0 Å². The van der Waals surface area contributed by atoms with Crippen LogP contribution in [0.3, 0.4) is 0 Å². The Kier molecular flexibility index (Phi) is 6.30. The summed E-state index contributed by atoms with van der Waals surface area (Å²) in [5.41, 5.74) is 3.04. The van der Waals surface area contributed by atoms with E-state index in [-0.39, 0.29) is 11.9 Å². The maximum Gasteiger partial charge on any atom is 0.237 e. The first-order valence-electron chi connectivity index (χ1n) is 10.4. The van der Waals surface area contributed by atoms with E-state index >= 15 is 0 Å². The van der Waals surface area contributed by atoms with Gasteiger partial charge in [0.25, 0.3) is 0 Å². The number of fused-ring (bicyclic) bond motifs is 1. The standard InChI is InChI=1S/C23H29N5O2/c1-18(23(29)24-15-19-7-3-4-8-21(19)30-2)27-13-11-26(12-14-27)16-20-17-28-10-6-5-9-22(28)25-20/h3-10,17-18H,11-16H2,1-2H3,(H,24,29). The van der Waals surface area contributed by atoms with E-state index in [1.54, 1.807) is 7.11 Å². The van der Waals surface area contributed by atoms with Crippen molar-refractivity contribution in [1.82, 2.24) is 24.5 Å². The number of carbonyl (C=O) groups excluding carboxylic acids is 1. The SMILES string of the molecule is COc1ccccc1CNC(=O)C(C)N1CCN(Cc2cn3ccccc3n2)CC1. The quantitative estimate of drug-likeness (QED) is 0.650. The van der Waals surface area contributed by atoms with Gasteiger partial charge in [-0.2, -0.15) is 0 Å². The number of piperazine rings is 1. The van der Waals surface area contributed by atoms with Gasteiger partial charge in [-0.25, -0.2) is 4.98 Å². The molecule has 1 aliphatic heterocycles. The number of benzene rings is 1. The van der Waals surface area contributed by atoms with Gasteiger partial charge in [0, 0.05) is 57.2 Å². The minimum atomic E-state index is -0.156. The van der Waals surface area contributed by atoms with Gasteiger partial charge < -0.3 is 14.5 Å². The van der Waals surface area contributed by atoms with Crippen LogP contribution in [-0.2, 0) is 17.9 Å². The maximum absolute atomic E-state index is 12.7. The first-order valence-corrected chi connectivity index (χ1v) is 10.4. The van der Waals surface area contributed by atoms with Crippen LogP contribution < -0.4 is 10.1 Å². The normalized spacial score (nSPS) is 16.5. The molecule has 1 aliphatic rings. The van der Waals surface area contributed by atoms with Crippen LogP contribution in [0.25, 0.3) is 5.65 Å². The number of methoxy groups -OCH3 is 1. The number of rotatable bonds is 7. The van der Waals surface area contributed by atoms with Crippen molar-refractivity contribution in [3.8, 4) is 5.75 Å². The fourth-order valence-electron chi connectivity index (χ4n) is 3.95. The molecule has 1 aromatic carbocycles. The molecular weight excluding hydrogens is 378 g/mol. The second-order valence-electron chi connectivity index (χ2n) is 7.72. The van der Waals surface area contributed by atoms with E-state index in [1.165, 1.54) is 0 Å². The third kappa shape index (κ3) is 4.63. The molecule has 0 aliphatic carbocycles. The number of nitrogens with one attached hydrogen (secondary N) is 1.